The number of hydrogen-bond donors (Lipinski definition) is 2. The van der Waals surface area contributed by atoms with Crippen LogP contribution in [-0.4, -0.2) is 34.5 Å². The molecule has 2 N–H and O–H groups in total. The van der Waals surface area contributed by atoms with Crippen LogP contribution in [0.3, 0.4) is 0 Å². The third-order valence-corrected chi connectivity index (χ3v) is 3.57. The van der Waals surface area contributed by atoms with Crippen molar-refractivity contribution in [1.29, 1.82) is 0 Å². The highest BCUT2D eigenvalue weighted by molar-refractivity contribution is 6.03. The third kappa shape index (κ3) is 3.72. The zero-order valence-electron chi connectivity index (χ0n) is 13.4. The van der Waals surface area contributed by atoms with Crippen LogP contribution in [0.1, 0.15) is 27.8 Å². The molecule has 0 spiro atoms. The zero-order valence-corrected chi connectivity index (χ0v) is 13.4. The summed E-state index contributed by atoms with van der Waals surface area (Å²) < 4.78 is 5.00. The summed E-state index contributed by atoms with van der Waals surface area (Å²) >= 11 is 0. The van der Waals surface area contributed by atoms with Crippen molar-refractivity contribution in [1.82, 2.24) is 10.2 Å². The van der Waals surface area contributed by atoms with Gasteiger partial charge in [0.2, 0.25) is 0 Å². The van der Waals surface area contributed by atoms with Crippen molar-refractivity contribution in [3.8, 4) is 0 Å². The molecule has 3 rings (SSSR count). The number of esters is 1. The van der Waals surface area contributed by atoms with E-state index in [1.165, 1.54) is 6.92 Å². The van der Waals surface area contributed by atoms with E-state index >= 15 is 0 Å². The number of aromatic amines is 1. The summed E-state index contributed by atoms with van der Waals surface area (Å²) in [5.41, 5.74) is 1.91. The Bertz CT molecular complexity index is 944. The van der Waals surface area contributed by atoms with Crippen LogP contribution in [0.25, 0.3) is 10.9 Å². The molecular formula is C18H15N3O4. The van der Waals surface area contributed by atoms with E-state index in [1.807, 2.05) is 6.07 Å². The molecule has 0 unspecified atom stereocenters. The zero-order chi connectivity index (χ0) is 17.8. The summed E-state index contributed by atoms with van der Waals surface area (Å²) in [6.07, 6.45) is 0. The van der Waals surface area contributed by atoms with Crippen molar-refractivity contribution >= 4 is 34.3 Å². The van der Waals surface area contributed by atoms with E-state index in [0.717, 1.165) is 0 Å². The first kappa shape index (κ1) is 16.4. The first-order chi connectivity index (χ1) is 12.0. The quantitative estimate of drug-likeness (QED) is 0.550. The Balaban J connectivity index is 1.58. The van der Waals surface area contributed by atoms with Gasteiger partial charge in [0, 0.05) is 16.6 Å². The van der Waals surface area contributed by atoms with Crippen LogP contribution in [0.2, 0.25) is 0 Å². The number of carbonyl (C=O) groups excluding carboxylic acids is 3. The van der Waals surface area contributed by atoms with Crippen molar-refractivity contribution in [2.24, 2.45) is 0 Å². The summed E-state index contributed by atoms with van der Waals surface area (Å²) in [5.74, 6) is -1.22. The summed E-state index contributed by atoms with van der Waals surface area (Å²) in [5, 5.41) is 9.87. The fourth-order valence-electron chi connectivity index (χ4n) is 2.30. The number of Topliss-reactive ketones (excluding diaryl/α,β-unsaturated/α-hetero) is 1. The van der Waals surface area contributed by atoms with Gasteiger partial charge in [-0.2, -0.15) is 5.10 Å². The molecule has 1 aromatic heterocycles. The smallest absolute Gasteiger partial charge is 0.359 e. The number of nitrogens with zero attached hydrogens (tertiary/aromatic N) is 1. The molecule has 3 aromatic rings. The van der Waals surface area contributed by atoms with Crippen molar-refractivity contribution in [2.45, 2.75) is 6.92 Å². The van der Waals surface area contributed by atoms with Crippen LogP contribution in [0.5, 0.6) is 0 Å². The van der Waals surface area contributed by atoms with Crippen LogP contribution in [0.15, 0.2) is 48.5 Å². The van der Waals surface area contributed by atoms with Gasteiger partial charge in [0.25, 0.3) is 5.91 Å². The van der Waals surface area contributed by atoms with Gasteiger partial charge in [-0.05, 0) is 37.3 Å². The molecule has 1 heterocycles. The van der Waals surface area contributed by atoms with Crippen molar-refractivity contribution in [2.75, 3.05) is 11.9 Å². The Morgan fingerprint density at radius 1 is 1.08 bits per heavy atom. The number of hydrogen-bond acceptors (Lipinski definition) is 5. The second kappa shape index (κ2) is 6.96. The first-order valence-corrected chi connectivity index (χ1v) is 7.55. The molecule has 0 bridgehead atoms. The second-order valence-corrected chi connectivity index (χ2v) is 5.38. The highest BCUT2D eigenvalue weighted by atomic mass is 16.5. The number of amides is 1. The Hall–Kier alpha value is -3.48. The standard InChI is InChI=1S/C18H15N3O4/c1-11(22)12-6-8-13(9-7-12)19-16(23)10-25-18(24)17-14-4-2-3-5-15(14)20-21-17/h2-9H,10H2,1H3,(H,19,23)(H,20,21). The van der Waals surface area contributed by atoms with Gasteiger partial charge in [0.05, 0.1) is 5.52 Å². The van der Waals surface area contributed by atoms with Crippen molar-refractivity contribution in [3.63, 3.8) is 0 Å². The van der Waals surface area contributed by atoms with Gasteiger partial charge in [-0.3, -0.25) is 14.7 Å². The van der Waals surface area contributed by atoms with E-state index in [-0.39, 0.29) is 11.5 Å². The number of nitrogens with one attached hydrogen (secondary N) is 2. The van der Waals surface area contributed by atoms with Gasteiger partial charge >= 0.3 is 5.97 Å². The van der Waals surface area contributed by atoms with Crippen LogP contribution in [-0.2, 0) is 9.53 Å². The average molecular weight is 337 g/mol. The minimum Gasteiger partial charge on any atom is -0.451 e. The Morgan fingerprint density at radius 3 is 2.52 bits per heavy atom. The van der Waals surface area contributed by atoms with Crippen LogP contribution >= 0.6 is 0 Å². The Morgan fingerprint density at radius 2 is 1.80 bits per heavy atom. The highest BCUT2D eigenvalue weighted by Crippen LogP contribution is 2.16. The molecule has 126 valence electrons. The fraction of sp³-hybridized carbons (Fsp3) is 0.111. The van der Waals surface area contributed by atoms with E-state index in [2.05, 4.69) is 15.5 Å². The number of benzene rings is 2. The number of ketones is 1. The largest absolute Gasteiger partial charge is 0.451 e. The maximum atomic E-state index is 12.1. The van der Waals surface area contributed by atoms with Crippen LogP contribution in [0.4, 0.5) is 5.69 Å². The minimum atomic E-state index is -0.681. The number of fused-ring (bicyclic) bond motifs is 1. The van der Waals surface area contributed by atoms with Gasteiger partial charge < -0.3 is 10.1 Å². The Kier molecular flexibility index (Phi) is 4.56. The molecule has 0 saturated carbocycles. The van der Waals surface area contributed by atoms with Crippen molar-refractivity contribution in [3.05, 3.63) is 59.8 Å². The summed E-state index contributed by atoms with van der Waals surface area (Å²) in [7, 11) is 0. The number of aromatic nitrogens is 2. The molecular weight excluding hydrogens is 322 g/mol. The van der Waals surface area contributed by atoms with Gasteiger partial charge in [-0.15, -0.1) is 0 Å². The lowest BCUT2D eigenvalue weighted by Crippen LogP contribution is -2.21. The number of carbonyl (C=O) groups is 3. The molecule has 0 aliphatic carbocycles. The van der Waals surface area contributed by atoms with E-state index in [0.29, 0.717) is 22.2 Å². The summed E-state index contributed by atoms with van der Waals surface area (Å²) in [4.78, 5) is 35.2. The topological polar surface area (TPSA) is 101 Å². The molecule has 25 heavy (non-hydrogen) atoms. The molecule has 0 saturated heterocycles. The lowest BCUT2D eigenvalue weighted by Gasteiger charge is -2.06. The molecule has 0 aliphatic rings. The molecule has 2 aromatic carbocycles. The Labute approximate surface area is 143 Å². The predicted molar refractivity (Wildman–Crippen MR) is 91.5 cm³/mol. The normalized spacial score (nSPS) is 10.4. The van der Waals surface area contributed by atoms with E-state index in [4.69, 9.17) is 4.74 Å². The van der Waals surface area contributed by atoms with E-state index in [1.54, 1.807) is 42.5 Å². The lowest BCUT2D eigenvalue weighted by atomic mass is 10.1. The van der Waals surface area contributed by atoms with E-state index < -0.39 is 18.5 Å². The predicted octanol–water partition coefficient (Wildman–Crippen LogP) is 2.56. The maximum Gasteiger partial charge on any atom is 0.359 e. The number of rotatable bonds is 5. The molecule has 7 nitrogen and oxygen atoms in total. The average Bonchev–Trinajstić information content (AvgIpc) is 3.04. The van der Waals surface area contributed by atoms with Crippen molar-refractivity contribution < 1.29 is 19.1 Å². The molecule has 1 amide bonds. The SMILES string of the molecule is CC(=O)c1ccc(NC(=O)COC(=O)c2n[nH]c3ccccc23)cc1. The monoisotopic (exact) mass is 337 g/mol. The second-order valence-electron chi connectivity index (χ2n) is 5.38. The van der Waals surface area contributed by atoms with Gasteiger partial charge in [-0.1, -0.05) is 18.2 Å². The number of H-pyrrole nitrogens is 1. The molecule has 7 heteroatoms. The van der Waals surface area contributed by atoms with Crippen LogP contribution < -0.4 is 5.32 Å². The van der Waals surface area contributed by atoms with Crippen LogP contribution in [0, 0.1) is 0 Å². The third-order valence-electron chi connectivity index (χ3n) is 3.57. The molecule has 0 atom stereocenters. The molecule has 0 radical (unpaired) electrons. The summed E-state index contributed by atoms with van der Waals surface area (Å²) in [6.45, 7) is 1.03. The first-order valence-electron chi connectivity index (χ1n) is 7.55. The lowest BCUT2D eigenvalue weighted by molar-refractivity contribution is -0.119. The van der Waals surface area contributed by atoms with E-state index in [9.17, 15) is 14.4 Å². The maximum absolute atomic E-state index is 12.1. The fourth-order valence-corrected chi connectivity index (χ4v) is 2.30. The highest BCUT2D eigenvalue weighted by Gasteiger charge is 2.16. The van der Waals surface area contributed by atoms with Gasteiger partial charge in [0.1, 0.15) is 0 Å². The number of para-hydroxylation sites is 1. The molecule has 0 fully saturated rings. The number of ether oxygens (including phenoxy) is 1. The van der Waals surface area contributed by atoms with Gasteiger partial charge in [0.15, 0.2) is 18.1 Å². The minimum absolute atomic E-state index is 0.0574. The molecule has 0 aliphatic heterocycles. The van der Waals surface area contributed by atoms with Gasteiger partial charge in [-0.25, -0.2) is 4.79 Å². The number of anilines is 1. The summed E-state index contributed by atoms with van der Waals surface area (Å²) in [6, 6.07) is 13.6.